The zero-order valence-electron chi connectivity index (χ0n) is 13.2. The van der Waals surface area contributed by atoms with Crippen molar-refractivity contribution in [1.29, 1.82) is 5.26 Å². The largest absolute Gasteiger partial charge is 0.309 e. The second kappa shape index (κ2) is 5.09. The van der Waals surface area contributed by atoms with E-state index in [2.05, 4.69) is 35.3 Å². The first kappa shape index (κ1) is 14.3. The van der Waals surface area contributed by atoms with Gasteiger partial charge in [-0.3, -0.25) is 10.1 Å². The van der Waals surface area contributed by atoms with Crippen molar-refractivity contribution in [2.75, 3.05) is 4.90 Å². The molecule has 0 radical (unpaired) electrons. The van der Waals surface area contributed by atoms with Gasteiger partial charge in [-0.25, -0.2) is 4.99 Å². The predicted octanol–water partition coefficient (Wildman–Crippen LogP) is 2.38. The number of fused-ring (bicyclic) bond motifs is 1. The lowest BCUT2D eigenvalue weighted by Gasteiger charge is -2.37. The molecule has 0 saturated heterocycles. The molecule has 1 N–H and O–H groups in total. The van der Waals surface area contributed by atoms with Crippen LogP contribution in [0.5, 0.6) is 0 Å². The molecule has 1 fully saturated rings. The van der Waals surface area contributed by atoms with Crippen LogP contribution >= 0.6 is 0 Å². The lowest BCUT2D eigenvalue weighted by atomic mass is 9.82. The van der Waals surface area contributed by atoms with Crippen LogP contribution in [0.1, 0.15) is 38.2 Å². The fourth-order valence-corrected chi connectivity index (χ4v) is 4.30. The van der Waals surface area contributed by atoms with Gasteiger partial charge in [-0.2, -0.15) is 5.26 Å². The second-order valence-electron chi connectivity index (χ2n) is 6.85. The molecule has 0 bridgehead atoms. The van der Waals surface area contributed by atoms with Crippen LogP contribution in [0.15, 0.2) is 29.3 Å². The number of carbonyl (C=O) groups is 1. The normalized spacial score (nSPS) is 28.3. The summed E-state index contributed by atoms with van der Waals surface area (Å²) in [6, 6.07) is 10.7. The summed E-state index contributed by atoms with van der Waals surface area (Å²) in [6.07, 6.45) is 4.67. The summed E-state index contributed by atoms with van der Waals surface area (Å²) in [5.41, 5.74) is 1.87. The van der Waals surface area contributed by atoms with E-state index in [9.17, 15) is 10.1 Å². The molecular weight excluding hydrogens is 288 g/mol. The highest BCUT2D eigenvalue weighted by molar-refractivity contribution is 6.10. The lowest BCUT2D eigenvalue weighted by Crippen LogP contribution is -2.57. The maximum absolute atomic E-state index is 12.5. The van der Waals surface area contributed by atoms with Gasteiger partial charge in [-0.05, 0) is 37.8 Å². The fraction of sp³-hybridized carbons (Fsp3) is 0.500. The second-order valence-corrected chi connectivity index (χ2v) is 6.85. The highest BCUT2D eigenvalue weighted by Crippen LogP contribution is 2.42. The third-order valence-corrected chi connectivity index (χ3v) is 5.40. The molecule has 118 valence electrons. The van der Waals surface area contributed by atoms with Crippen molar-refractivity contribution >= 4 is 17.6 Å². The molecule has 23 heavy (non-hydrogen) atoms. The third-order valence-electron chi connectivity index (χ3n) is 5.40. The van der Waals surface area contributed by atoms with Crippen molar-refractivity contribution in [3.05, 3.63) is 29.8 Å². The summed E-state index contributed by atoms with van der Waals surface area (Å²) < 4.78 is 0. The molecule has 1 aliphatic carbocycles. The molecule has 5 nitrogen and oxygen atoms in total. The van der Waals surface area contributed by atoms with Crippen molar-refractivity contribution in [2.45, 2.75) is 50.6 Å². The Bertz CT molecular complexity index is 727. The van der Waals surface area contributed by atoms with Gasteiger partial charge in [-0.15, -0.1) is 0 Å². The van der Waals surface area contributed by atoms with E-state index in [-0.39, 0.29) is 11.9 Å². The first-order valence-electron chi connectivity index (χ1n) is 8.32. The molecular formula is C18H20N4O. The average Bonchev–Trinajstić information content (AvgIpc) is 3.11. The van der Waals surface area contributed by atoms with E-state index in [4.69, 9.17) is 4.99 Å². The number of hydrogen-bond acceptors (Lipinski definition) is 4. The van der Waals surface area contributed by atoms with Gasteiger partial charge in [0.2, 0.25) is 11.9 Å². The number of nitrogens with one attached hydrogen (secondary N) is 1. The number of benzene rings is 1. The van der Waals surface area contributed by atoms with E-state index in [0.717, 1.165) is 37.8 Å². The van der Waals surface area contributed by atoms with E-state index >= 15 is 0 Å². The number of carbonyl (C=O) groups excluding carboxylic acids is 1. The summed E-state index contributed by atoms with van der Waals surface area (Å²) in [5.74, 6) is -0.237. The first-order chi connectivity index (χ1) is 11.1. The molecule has 2 heterocycles. The molecule has 0 unspecified atom stereocenters. The quantitative estimate of drug-likeness (QED) is 0.800. The van der Waals surface area contributed by atoms with Crippen LogP contribution in [0.2, 0.25) is 0 Å². The Hall–Kier alpha value is -2.35. The number of para-hydroxylation sites is 1. The summed E-state index contributed by atoms with van der Waals surface area (Å²) in [4.78, 5) is 19.6. The molecule has 1 saturated carbocycles. The zero-order valence-corrected chi connectivity index (χ0v) is 13.2. The average molecular weight is 308 g/mol. The van der Waals surface area contributed by atoms with Gasteiger partial charge in [0, 0.05) is 11.7 Å². The molecule has 1 amide bonds. The molecule has 1 aromatic rings. The van der Waals surface area contributed by atoms with Gasteiger partial charge in [-0.1, -0.05) is 31.0 Å². The Morgan fingerprint density at radius 1 is 1.35 bits per heavy atom. The minimum atomic E-state index is -0.665. The Labute approximate surface area is 136 Å². The molecule has 1 aromatic carbocycles. The number of anilines is 1. The summed E-state index contributed by atoms with van der Waals surface area (Å²) in [7, 11) is 0. The van der Waals surface area contributed by atoms with Crippen molar-refractivity contribution in [3.8, 4) is 6.07 Å². The smallest absolute Gasteiger partial charge is 0.246 e. The number of nitriles is 1. The van der Waals surface area contributed by atoms with E-state index in [0.29, 0.717) is 5.96 Å². The molecule has 4 rings (SSSR count). The van der Waals surface area contributed by atoms with Crippen molar-refractivity contribution in [3.63, 3.8) is 0 Å². The molecule has 0 aromatic heterocycles. The van der Waals surface area contributed by atoms with E-state index in [1.54, 1.807) is 0 Å². The summed E-state index contributed by atoms with van der Waals surface area (Å²) in [6.45, 7) is 2.15. The molecule has 3 aliphatic rings. The summed E-state index contributed by atoms with van der Waals surface area (Å²) >= 11 is 0. The van der Waals surface area contributed by atoms with Crippen LogP contribution in [-0.4, -0.2) is 23.4 Å². The zero-order chi connectivity index (χ0) is 16.0. The highest BCUT2D eigenvalue weighted by Gasteiger charge is 2.50. The van der Waals surface area contributed by atoms with E-state index < -0.39 is 11.5 Å². The molecule has 2 atom stereocenters. The van der Waals surface area contributed by atoms with Gasteiger partial charge >= 0.3 is 0 Å². The topological polar surface area (TPSA) is 68.5 Å². The maximum atomic E-state index is 12.5. The number of nitrogens with zero attached hydrogens (tertiary/aromatic N) is 3. The number of aliphatic imine (C=N–C) groups is 1. The Morgan fingerprint density at radius 3 is 2.83 bits per heavy atom. The molecule has 2 aliphatic heterocycles. The summed E-state index contributed by atoms with van der Waals surface area (Å²) in [5, 5.41) is 12.4. The Morgan fingerprint density at radius 2 is 2.09 bits per heavy atom. The van der Waals surface area contributed by atoms with Crippen LogP contribution in [0, 0.1) is 17.2 Å². The van der Waals surface area contributed by atoms with Crippen LogP contribution < -0.4 is 10.2 Å². The number of rotatable bonds is 0. The minimum Gasteiger partial charge on any atom is -0.309 e. The monoisotopic (exact) mass is 308 g/mol. The van der Waals surface area contributed by atoms with E-state index in [1.165, 1.54) is 5.56 Å². The molecule has 1 spiro atoms. The SMILES string of the molecule is C[C@H]1Cc2ccccc2N1C1=NC2(CCCC2)[C@H](C#N)C(=O)N1. The van der Waals surface area contributed by atoms with Crippen LogP contribution in [0.4, 0.5) is 5.69 Å². The fourth-order valence-electron chi connectivity index (χ4n) is 4.30. The van der Waals surface area contributed by atoms with Gasteiger partial charge < -0.3 is 4.90 Å². The van der Waals surface area contributed by atoms with E-state index in [1.807, 2.05) is 12.1 Å². The first-order valence-corrected chi connectivity index (χ1v) is 8.32. The Kier molecular flexibility index (Phi) is 3.15. The number of hydrogen-bond donors (Lipinski definition) is 1. The van der Waals surface area contributed by atoms with Gasteiger partial charge in [0.05, 0.1) is 11.6 Å². The highest BCUT2D eigenvalue weighted by atomic mass is 16.2. The number of amides is 1. The minimum absolute atomic E-state index is 0.198. The van der Waals surface area contributed by atoms with Gasteiger partial charge in [0.15, 0.2) is 5.92 Å². The van der Waals surface area contributed by atoms with Crippen LogP contribution in [0.3, 0.4) is 0 Å². The number of guanidine groups is 1. The van der Waals surface area contributed by atoms with Gasteiger partial charge in [0.1, 0.15) is 0 Å². The van der Waals surface area contributed by atoms with Crippen LogP contribution in [-0.2, 0) is 11.2 Å². The van der Waals surface area contributed by atoms with Gasteiger partial charge in [0.25, 0.3) is 0 Å². The maximum Gasteiger partial charge on any atom is 0.246 e. The van der Waals surface area contributed by atoms with Crippen molar-refractivity contribution < 1.29 is 4.79 Å². The third kappa shape index (κ3) is 2.05. The standard InChI is InChI=1S/C18H20N4O/c1-12-10-13-6-2-3-7-15(13)22(12)17-20-16(23)14(11-19)18(21-17)8-4-5-9-18/h2-3,6-7,12,14H,4-5,8-10H2,1H3,(H,20,21,23)/t12-,14+/m0/s1. The predicted molar refractivity (Wildman–Crippen MR) is 88.0 cm³/mol. The van der Waals surface area contributed by atoms with Crippen molar-refractivity contribution in [2.24, 2.45) is 10.9 Å². The van der Waals surface area contributed by atoms with Crippen molar-refractivity contribution in [1.82, 2.24) is 5.32 Å². The molecule has 5 heteroatoms. The lowest BCUT2D eigenvalue weighted by molar-refractivity contribution is -0.124. The van der Waals surface area contributed by atoms with Crippen LogP contribution in [0.25, 0.3) is 0 Å². The Balaban J connectivity index is 1.79.